The van der Waals surface area contributed by atoms with Crippen molar-refractivity contribution in [2.24, 2.45) is 0 Å². The minimum absolute atomic E-state index is 0.229. The smallest absolute Gasteiger partial charge is 0.278 e. The number of hydrogen-bond acceptors (Lipinski definition) is 4. The van der Waals surface area contributed by atoms with Gasteiger partial charge in [0.05, 0.1) is 6.54 Å². The molecule has 1 aromatic carbocycles. The van der Waals surface area contributed by atoms with Crippen LogP contribution in [-0.4, -0.2) is 15.3 Å². The van der Waals surface area contributed by atoms with Crippen LogP contribution >= 0.6 is 0 Å². The molecule has 7 heteroatoms. The number of rotatable bonds is 4. The number of carbonyl (C=O) groups excluding carboxylic acids is 1. The Labute approximate surface area is 167 Å². The maximum absolute atomic E-state index is 13.1. The Kier molecular flexibility index (Phi) is 4.72. The van der Waals surface area contributed by atoms with Crippen molar-refractivity contribution >= 4 is 28.4 Å². The van der Waals surface area contributed by atoms with Crippen LogP contribution in [0.1, 0.15) is 28.4 Å². The van der Waals surface area contributed by atoms with E-state index in [-0.39, 0.29) is 22.8 Å². The number of nitrogens with one attached hydrogen (secondary N) is 1. The third-order valence-electron chi connectivity index (χ3n) is 5.03. The molecule has 29 heavy (non-hydrogen) atoms. The summed E-state index contributed by atoms with van der Waals surface area (Å²) in [5.41, 5.74) is 9.27. The van der Waals surface area contributed by atoms with E-state index in [1.807, 2.05) is 50.2 Å². The molecule has 0 radical (unpaired) electrons. The van der Waals surface area contributed by atoms with Crippen LogP contribution < -0.4 is 21.2 Å². The van der Waals surface area contributed by atoms with Crippen LogP contribution in [0.4, 0.5) is 5.82 Å². The highest BCUT2D eigenvalue weighted by molar-refractivity contribution is 6.00. The number of pyridine rings is 2. The first-order chi connectivity index (χ1) is 14.0. The van der Waals surface area contributed by atoms with Gasteiger partial charge in [0.1, 0.15) is 10.9 Å². The summed E-state index contributed by atoms with van der Waals surface area (Å²) < 4.78 is 3.21. The molecule has 0 atom stereocenters. The predicted octanol–water partition coefficient (Wildman–Crippen LogP) is 1.98. The van der Waals surface area contributed by atoms with Crippen LogP contribution in [0.15, 0.2) is 59.5 Å². The number of nitrogens with two attached hydrogens (primary N) is 1. The lowest BCUT2D eigenvalue weighted by Crippen LogP contribution is -2.42. The van der Waals surface area contributed by atoms with Crippen LogP contribution in [0.25, 0.3) is 16.7 Å². The first kappa shape index (κ1) is 18.6. The van der Waals surface area contributed by atoms with E-state index < -0.39 is 0 Å². The standard InChI is InChI=1S/C22H21N5O2/c1-3-26-18(23)16(21(28)24-13-15-9-5-4-6-10-15)12-17-20(26)25-19-14(2)8-7-11-27(19)22(17)29/h4-12,23H,3,13H2,1-2H3,(H,24,28)/p+1. The number of fused-ring (bicyclic) bond motifs is 2. The maximum atomic E-state index is 13.1. The van der Waals surface area contributed by atoms with Gasteiger partial charge in [0, 0.05) is 18.3 Å². The highest BCUT2D eigenvalue weighted by Crippen LogP contribution is 2.16. The van der Waals surface area contributed by atoms with Crippen LogP contribution in [-0.2, 0) is 13.1 Å². The molecule has 0 saturated carbocycles. The summed E-state index contributed by atoms with van der Waals surface area (Å²) in [5.74, 6) is -0.0420. The quantitative estimate of drug-likeness (QED) is 0.413. The molecule has 0 aliphatic carbocycles. The highest BCUT2D eigenvalue weighted by atomic mass is 16.1. The fraction of sp³-hybridized carbons (Fsp3) is 0.182. The summed E-state index contributed by atoms with van der Waals surface area (Å²) >= 11 is 0. The average Bonchev–Trinajstić information content (AvgIpc) is 2.73. The van der Waals surface area contributed by atoms with Gasteiger partial charge in [-0.3, -0.25) is 14.0 Å². The molecule has 0 aliphatic rings. The fourth-order valence-corrected chi connectivity index (χ4v) is 3.49. The lowest BCUT2D eigenvalue weighted by atomic mass is 10.1. The molecular weight excluding hydrogens is 366 g/mol. The van der Waals surface area contributed by atoms with Gasteiger partial charge in [0.25, 0.3) is 17.1 Å². The summed E-state index contributed by atoms with van der Waals surface area (Å²) in [6.07, 6.45) is 1.68. The number of benzene rings is 1. The monoisotopic (exact) mass is 388 g/mol. The molecule has 0 fully saturated rings. The van der Waals surface area contributed by atoms with E-state index in [0.717, 1.165) is 11.1 Å². The van der Waals surface area contributed by atoms with E-state index in [9.17, 15) is 9.59 Å². The minimum Gasteiger partial charge on any atom is -0.348 e. The van der Waals surface area contributed by atoms with Gasteiger partial charge in [-0.25, -0.2) is 4.57 Å². The zero-order chi connectivity index (χ0) is 20.5. The van der Waals surface area contributed by atoms with Crippen LogP contribution in [0.5, 0.6) is 0 Å². The van der Waals surface area contributed by atoms with Gasteiger partial charge in [0.15, 0.2) is 0 Å². The lowest BCUT2D eigenvalue weighted by Gasteiger charge is -2.11. The van der Waals surface area contributed by atoms with Crippen molar-refractivity contribution in [3.05, 3.63) is 81.8 Å². The Morgan fingerprint density at radius 2 is 1.97 bits per heavy atom. The first-order valence-corrected chi connectivity index (χ1v) is 9.47. The van der Waals surface area contributed by atoms with Crippen molar-refractivity contribution in [1.82, 2.24) is 14.7 Å². The van der Waals surface area contributed by atoms with E-state index in [1.165, 1.54) is 4.40 Å². The largest absolute Gasteiger partial charge is 0.348 e. The number of nitrogens with zero attached hydrogens (tertiary/aromatic N) is 3. The van der Waals surface area contributed by atoms with E-state index in [0.29, 0.717) is 29.8 Å². The molecule has 146 valence electrons. The van der Waals surface area contributed by atoms with Gasteiger partial charge in [-0.15, -0.1) is 0 Å². The van der Waals surface area contributed by atoms with Crippen LogP contribution in [0, 0.1) is 6.92 Å². The molecule has 4 rings (SSSR count). The highest BCUT2D eigenvalue weighted by Gasteiger charge is 2.23. The molecule has 0 saturated heterocycles. The molecule has 0 aliphatic heterocycles. The minimum atomic E-state index is -0.329. The lowest BCUT2D eigenvalue weighted by molar-refractivity contribution is -0.655. The van der Waals surface area contributed by atoms with Gasteiger partial charge in [-0.2, -0.15) is 0 Å². The second-order valence-electron chi connectivity index (χ2n) is 6.89. The third-order valence-corrected chi connectivity index (χ3v) is 5.03. The predicted molar refractivity (Wildman–Crippen MR) is 112 cm³/mol. The van der Waals surface area contributed by atoms with Gasteiger partial charge >= 0.3 is 0 Å². The van der Waals surface area contributed by atoms with E-state index in [2.05, 4.69) is 10.3 Å². The van der Waals surface area contributed by atoms with Gasteiger partial charge in [-0.1, -0.05) is 41.4 Å². The molecule has 1 amide bonds. The van der Waals surface area contributed by atoms with Crippen molar-refractivity contribution in [2.75, 3.05) is 5.73 Å². The topological polar surface area (TPSA) is 93.4 Å². The van der Waals surface area contributed by atoms with E-state index in [4.69, 9.17) is 5.73 Å². The van der Waals surface area contributed by atoms with Gasteiger partial charge in [-0.05, 0) is 31.5 Å². The number of nitrogen functional groups attached to an aromatic ring is 1. The van der Waals surface area contributed by atoms with E-state index >= 15 is 0 Å². The summed E-state index contributed by atoms with van der Waals surface area (Å²) in [6, 6.07) is 14.9. The number of carbonyl (C=O) groups is 1. The first-order valence-electron chi connectivity index (χ1n) is 9.47. The number of amides is 1. The molecule has 4 aromatic rings. The second kappa shape index (κ2) is 7.35. The van der Waals surface area contributed by atoms with Crippen molar-refractivity contribution < 1.29 is 9.36 Å². The SMILES string of the molecule is CC[n+]1c(N)c(C(=O)NCc2ccccc2)cc2c(=O)n3cccc(C)c3nc21. The number of aryl methyl sites for hydroxylation is 2. The molecule has 7 nitrogen and oxygen atoms in total. The number of aromatic nitrogens is 3. The second-order valence-corrected chi connectivity index (χ2v) is 6.89. The van der Waals surface area contributed by atoms with Crippen LogP contribution in [0.2, 0.25) is 0 Å². The van der Waals surface area contributed by atoms with Crippen molar-refractivity contribution in [3.8, 4) is 0 Å². The summed E-state index contributed by atoms with van der Waals surface area (Å²) in [4.78, 5) is 30.6. The Morgan fingerprint density at radius 3 is 2.69 bits per heavy atom. The average molecular weight is 388 g/mol. The number of anilines is 1. The Balaban J connectivity index is 1.86. The zero-order valence-corrected chi connectivity index (χ0v) is 16.3. The van der Waals surface area contributed by atoms with E-state index in [1.54, 1.807) is 22.9 Å². The molecule has 0 spiro atoms. The van der Waals surface area contributed by atoms with Gasteiger partial charge in [0.2, 0.25) is 11.5 Å². The van der Waals surface area contributed by atoms with Crippen molar-refractivity contribution in [3.63, 3.8) is 0 Å². The maximum Gasteiger partial charge on any atom is 0.278 e. The summed E-state index contributed by atoms with van der Waals surface area (Å²) in [5, 5.41) is 3.23. The van der Waals surface area contributed by atoms with Crippen LogP contribution in [0.3, 0.4) is 0 Å². The Hall–Kier alpha value is -3.74. The van der Waals surface area contributed by atoms with Crippen molar-refractivity contribution in [1.29, 1.82) is 0 Å². The summed E-state index contributed by atoms with van der Waals surface area (Å²) in [6.45, 7) is 4.66. The zero-order valence-electron chi connectivity index (χ0n) is 16.3. The number of hydrogen-bond donors (Lipinski definition) is 2. The molecular formula is C22H22N5O2+. The van der Waals surface area contributed by atoms with Gasteiger partial charge < -0.3 is 11.1 Å². The Morgan fingerprint density at radius 1 is 1.21 bits per heavy atom. The molecule has 0 bridgehead atoms. The molecule has 3 N–H and O–H groups in total. The molecule has 0 unspecified atom stereocenters. The fourth-order valence-electron chi connectivity index (χ4n) is 3.49. The van der Waals surface area contributed by atoms with Crippen molar-refractivity contribution in [2.45, 2.75) is 26.9 Å². The normalized spacial score (nSPS) is 11.1. The third kappa shape index (κ3) is 3.20. The molecule has 3 aromatic heterocycles. The molecule has 3 heterocycles. The Bertz CT molecular complexity index is 1300. The summed E-state index contributed by atoms with van der Waals surface area (Å²) in [7, 11) is 0.